The van der Waals surface area contributed by atoms with Gasteiger partial charge in [0.2, 0.25) is 0 Å². The van der Waals surface area contributed by atoms with Crippen molar-refractivity contribution < 1.29 is 4.79 Å². The van der Waals surface area contributed by atoms with E-state index in [-0.39, 0.29) is 6.03 Å². The molecule has 0 radical (unpaired) electrons. The largest absolute Gasteiger partial charge is 0.335 e. The maximum Gasteiger partial charge on any atom is 0.319 e. The summed E-state index contributed by atoms with van der Waals surface area (Å²) >= 11 is 5.74. The SMILES string of the molecule is O=C(Nc1ccc(Cl)cc1)NC1CCC1. The van der Waals surface area contributed by atoms with Gasteiger partial charge in [-0.05, 0) is 43.5 Å². The van der Waals surface area contributed by atoms with Crippen molar-refractivity contribution in [1.29, 1.82) is 0 Å². The highest BCUT2D eigenvalue weighted by Gasteiger charge is 2.18. The third kappa shape index (κ3) is 2.86. The van der Waals surface area contributed by atoms with E-state index in [9.17, 15) is 4.79 Å². The van der Waals surface area contributed by atoms with Crippen molar-refractivity contribution in [2.24, 2.45) is 0 Å². The molecule has 1 fully saturated rings. The molecule has 3 nitrogen and oxygen atoms in total. The third-order valence-corrected chi connectivity index (χ3v) is 2.79. The fourth-order valence-corrected chi connectivity index (χ4v) is 1.56. The third-order valence-electron chi connectivity index (χ3n) is 2.54. The molecule has 0 atom stereocenters. The first-order valence-corrected chi connectivity index (χ1v) is 5.45. The number of rotatable bonds is 2. The molecule has 1 aromatic carbocycles. The second-order valence-corrected chi connectivity index (χ2v) is 4.17. The van der Waals surface area contributed by atoms with Gasteiger partial charge >= 0.3 is 6.03 Å². The van der Waals surface area contributed by atoms with Crippen molar-refractivity contribution in [3.05, 3.63) is 29.3 Å². The Morgan fingerprint density at radius 3 is 2.47 bits per heavy atom. The lowest BCUT2D eigenvalue weighted by molar-refractivity contribution is 0.240. The lowest BCUT2D eigenvalue weighted by Gasteiger charge is -2.26. The molecule has 4 heteroatoms. The van der Waals surface area contributed by atoms with Crippen LogP contribution < -0.4 is 10.6 Å². The molecule has 1 saturated carbocycles. The van der Waals surface area contributed by atoms with Crippen molar-refractivity contribution in [3.8, 4) is 0 Å². The zero-order valence-corrected chi connectivity index (χ0v) is 9.05. The quantitative estimate of drug-likeness (QED) is 0.797. The fourth-order valence-electron chi connectivity index (χ4n) is 1.44. The Labute approximate surface area is 93.8 Å². The molecule has 80 valence electrons. The molecule has 1 aromatic rings. The molecule has 0 aliphatic heterocycles. The van der Waals surface area contributed by atoms with E-state index in [0.717, 1.165) is 18.5 Å². The van der Waals surface area contributed by atoms with Crippen LogP contribution in [-0.4, -0.2) is 12.1 Å². The van der Waals surface area contributed by atoms with Crippen LogP contribution in [0.3, 0.4) is 0 Å². The first kappa shape index (κ1) is 10.3. The van der Waals surface area contributed by atoms with Gasteiger partial charge < -0.3 is 10.6 Å². The van der Waals surface area contributed by atoms with Crippen molar-refractivity contribution in [2.45, 2.75) is 25.3 Å². The summed E-state index contributed by atoms with van der Waals surface area (Å²) in [6.45, 7) is 0. The number of nitrogens with one attached hydrogen (secondary N) is 2. The standard InChI is InChI=1S/C11H13ClN2O/c12-8-4-6-10(7-5-8)14-11(15)13-9-2-1-3-9/h4-7,9H,1-3H2,(H2,13,14,15). The van der Waals surface area contributed by atoms with Crippen LogP contribution >= 0.6 is 11.6 Å². The Morgan fingerprint density at radius 1 is 1.27 bits per heavy atom. The summed E-state index contributed by atoms with van der Waals surface area (Å²) in [6.07, 6.45) is 3.40. The second kappa shape index (κ2) is 4.53. The average Bonchev–Trinajstić information content (AvgIpc) is 2.16. The van der Waals surface area contributed by atoms with Gasteiger partial charge in [0, 0.05) is 16.8 Å². The number of halogens is 1. The van der Waals surface area contributed by atoms with Gasteiger partial charge in [-0.15, -0.1) is 0 Å². The van der Waals surface area contributed by atoms with Crippen molar-refractivity contribution >= 4 is 23.3 Å². The highest BCUT2D eigenvalue weighted by Crippen LogP contribution is 2.18. The number of hydrogen-bond acceptors (Lipinski definition) is 1. The predicted molar refractivity (Wildman–Crippen MR) is 61.2 cm³/mol. The van der Waals surface area contributed by atoms with Crippen molar-refractivity contribution in [1.82, 2.24) is 5.32 Å². The number of urea groups is 1. The molecule has 1 aliphatic rings. The van der Waals surface area contributed by atoms with E-state index in [1.165, 1.54) is 6.42 Å². The van der Waals surface area contributed by atoms with Crippen LogP contribution in [0, 0.1) is 0 Å². The lowest BCUT2D eigenvalue weighted by Crippen LogP contribution is -2.41. The summed E-state index contributed by atoms with van der Waals surface area (Å²) in [5, 5.41) is 6.32. The zero-order chi connectivity index (χ0) is 10.7. The molecule has 1 aliphatic carbocycles. The summed E-state index contributed by atoms with van der Waals surface area (Å²) in [6, 6.07) is 7.28. The van der Waals surface area contributed by atoms with Gasteiger partial charge in [-0.25, -0.2) is 4.79 Å². The minimum absolute atomic E-state index is 0.137. The summed E-state index contributed by atoms with van der Waals surface area (Å²) in [4.78, 5) is 11.4. The molecule has 0 saturated heterocycles. The number of amides is 2. The number of hydrogen-bond donors (Lipinski definition) is 2. The second-order valence-electron chi connectivity index (χ2n) is 3.73. The molecule has 0 heterocycles. The van der Waals surface area contributed by atoms with Crippen LogP contribution in [-0.2, 0) is 0 Å². The van der Waals surface area contributed by atoms with Crippen molar-refractivity contribution in [3.63, 3.8) is 0 Å². The van der Waals surface area contributed by atoms with E-state index in [4.69, 9.17) is 11.6 Å². The van der Waals surface area contributed by atoms with Crippen LogP contribution in [0.1, 0.15) is 19.3 Å². The molecule has 0 spiro atoms. The molecule has 0 aromatic heterocycles. The van der Waals surface area contributed by atoms with Gasteiger partial charge in [-0.2, -0.15) is 0 Å². The number of benzene rings is 1. The molecule has 2 N–H and O–H groups in total. The Morgan fingerprint density at radius 2 is 1.93 bits per heavy atom. The Bertz CT molecular complexity index is 346. The Hall–Kier alpha value is -1.22. The number of anilines is 1. The van der Waals surface area contributed by atoms with Crippen LogP contribution in [0.4, 0.5) is 10.5 Å². The summed E-state index contributed by atoms with van der Waals surface area (Å²) in [5.74, 6) is 0. The van der Waals surface area contributed by atoms with E-state index in [1.807, 2.05) is 0 Å². The van der Waals surface area contributed by atoms with Crippen LogP contribution in [0.5, 0.6) is 0 Å². The van der Waals surface area contributed by atoms with Gasteiger partial charge in [-0.1, -0.05) is 11.6 Å². The first-order chi connectivity index (χ1) is 7.24. The summed E-state index contributed by atoms with van der Waals surface area (Å²) in [7, 11) is 0. The minimum atomic E-state index is -0.137. The van der Waals surface area contributed by atoms with E-state index in [1.54, 1.807) is 24.3 Å². The van der Waals surface area contributed by atoms with Crippen molar-refractivity contribution in [2.75, 3.05) is 5.32 Å². The topological polar surface area (TPSA) is 41.1 Å². The van der Waals surface area contributed by atoms with E-state index < -0.39 is 0 Å². The molecular formula is C11H13ClN2O. The monoisotopic (exact) mass is 224 g/mol. The van der Waals surface area contributed by atoms with Gasteiger partial charge in [0.15, 0.2) is 0 Å². The predicted octanol–water partition coefficient (Wildman–Crippen LogP) is 3.01. The molecular weight excluding hydrogens is 212 g/mol. The van der Waals surface area contributed by atoms with E-state index in [2.05, 4.69) is 10.6 Å². The lowest BCUT2D eigenvalue weighted by atomic mass is 9.93. The van der Waals surface area contributed by atoms with E-state index >= 15 is 0 Å². The van der Waals surface area contributed by atoms with Crippen LogP contribution in [0.25, 0.3) is 0 Å². The smallest absolute Gasteiger partial charge is 0.319 e. The number of carbonyl (C=O) groups excluding carboxylic acids is 1. The Balaban J connectivity index is 1.84. The normalized spacial score (nSPS) is 15.5. The van der Waals surface area contributed by atoms with Gasteiger partial charge in [0.05, 0.1) is 0 Å². The highest BCUT2D eigenvalue weighted by atomic mass is 35.5. The van der Waals surface area contributed by atoms with Gasteiger partial charge in [0.25, 0.3) is 0 Å². The molecule has 0 unspecified atom stereocenters. The average molecular weight is 225 g/mol. The molecule has 2 amide bonds. The molecule has 0 bridgehead atoms. The summed E-state index contributed by atoms with van der Waals surface area (Å²) < 4.78 is 0. The first-order valence-electron chi connectivity index (χ1n) is 5.07. The fraction of sp³-hybridized carbons (Fsp3) is 0.364. The highest BCUT2D eigenvalue weighted by molar-refractivity contribution is 6.30. The Kier molecular flexibility index (Phi) is 3.11. The summed E-state index contributed by atoms with van der Waals surface area (Å²) in [5.41, 5.74) is 0.760. The maximum absolute atomic E-state index is 11.4. The van der Waals surface area contributed by atoms with Crippen LogP contribution in [0.15, 0.2) is 24.3 Å². The molecule has 2 rings (SSSR count). The number of carbonyl (C=O) groups is 1. The zero-order valence-electron chi connectivity index (χ0n) is 8.29. The molecule has 15 heavy (non-hydrogen) atoms. The van der Waals surface area contributed by atoms with E-state index in [0.29, 0.717) is 11.1 Å². The van der Waals surface area contributed by atoms with Crippen LogP contribution in [0.2, 0.25) is 5.02 Å². The van der Waals surface area contributed by atoms with Gasteiger partial charge in [0.1, 0.15) is 0 Å². The minimum Gasteiger partial charge on any atom is -0.335 e. The van der Waals surface area contributed by atoms with Gasteiger partial charge in [-0.3, -0.25) is 0 Å². The maximum atomic E-state index is 11.4.